The molecular weight excluding hydrogens is 279 g/mol. The molecule has 0 aromatic heterocycles. The second-order valence-electron chi connectivity index (χ2n) is 0.693. The summed E-state index contributed by atoms with van der Waals surface area (Å²) in [6, 6.07) is 0. The van der Waals surface area contributed by atoms with E-state index in [4.69, 9.17) is 30.1 Å². The zero-order valence-electron chi connectivity index (χ0n) is 9.25. The fraction of sp³-hybridized carbons (Fsp3) is 0. The molecule has 0 aromatic carbocycles. The first-order valence-corrected chi connectivity index (χ1v) is 1.55. The van der Waals surface area contributed by atoms with E-state index in [9.17, 15) is 0 Å². The molecule has 0 aliphatic carbocycles. The van der Waals surface area contributed by atoms with Gasteiger partial charge in [0, 0.05) is 0 Å². The minimum Gasteiger partial charge on any atom is -1.00 e. The Morgan fingerprint density at radius 3 is 0.700 bits per heavy atom. The molecule has 0 aliphatic heterocycles. The molecule has 0 amide bonds. The van der Waals surface area contributed by atoms with E-state index in [2.05, 4.69) is 0 Å². The molecule has 0 atom stereocenters. The van der Waals surface area contributed by atoms with E-state index in [0.717, 1.165) is 0 Å². The van der Waals surface area contributed by atoms with E-state index < -0.39 is 14.6 Å². The summed E-state index contributed by atoms with van der Waals surface area (Å²) in [6.45, 7) is 0. The second kappa shape index (κ2) is 17.3. The van der Waals surface area contributed by atoms with Crippen LogP contribution >= 0.6 is 0 Å². The van der Waals surface area contributed by atoms with Gasteiger partial charge in [-0.2, -0.15) is 0 Å². The van der Waals surface area contributed by atoms with Crippen molar-refractivity contribution in [1.82, 2.24) is 0 Å². The van der Waals surface area contributed by atoms with E-state index in [0.29, 0.717) is 0 Å². The Bertz CT molecular complexity index is 43.3. The standard InChI is InChI=1S/2BH3O3.Ba.Mg.4H/c2*2-1(3)4;;;;;;/h2*2-4H;;;;;;/q;;2*+2;4*-1. The van der Waals surface area contributed by atoms with E-state index in [1.807, 2.05) is 0 Å². The van der Waals surface area contributed by atoms with Crippen LogP contribution in [0.2, 0.25) is 0 Å². The van der Waals surface area contributed by atoms with Gasteiger partial charge >= 0.3 is 86.6 Å². The maximum absolute atomic E-state index is 7.17. The molecule has 6 N–H and O–H groups in total. The van der Waals surface area contributed by atoms with Gasteiger partial charge in [0.25, 0.3) is 0 Å². The molecule has 0 aromatic rings. The molecular formula is H10B2BaMgO6. The third-order valence-corrected chi connectivity index (χ3v) is 0. The third kappa shape index (κ3) is 176. The minimum absolute atomic E-state index is 0. The molecule has 56 valence electrons. The Morgan fingerprint density at radius 1 is 0.700 bits per heavy atom. The summed E-state index contributed by atoms with van der Waals surface area (Å²) >= 11 is 0. The fourth-order valence-corrected chi connectivity index (χ4v) is 0. The molecule has 0 aliphatic rings. The summed E-state index contributed by atoms with van der Waals surface area (Å²) in [7, 11) is -4.33. The second-order valence-corrected chi connectivity index (χ2v) is 0.693. The van der Waals surface area contributed by atoms with Gasteiger partial charge in [-0.3, -0.25) is 0 Å². The van der Waals surface area contributed by atoms with E-state index in [1.54, 1.807) is 0 Å². The smallest absolute Gasteiger partial charge is 1.00 e. The van der Waals surface area contributed by atoms with Gasteiger partial charge in [0.2, 0.25) is 0 Å². The first-order chi connectivity index (χ1) is 3.46. The van der Waals surface area contributed by atoms with Crippen molar-refractivity contribution in [3.8, 4) is 0 Å². The first kappa shape index (κ1) is 22.8. The third-order valence-electron chi connectivity index (χ3n) is 0. The van der Waals surface area contributed by atoms with Crippen molar-refractivity contribution in [3.63, 3.8) is 0 Å². The largest absolute Gasteiger partial charge is 2.00 e. The predicted octanol–water partition coefficient (Wildman–Crippen LogP) is -4.42. The average molecular weight is 289 g/mol. The van der Waals surface area contributed by atoms with Gasteiger partial charge < -0.3 is 35.9 Å². The van der Waals surface area contributed by atoms with Crippen molar-refractivity contribution in [2.24, 2.45) is 0 Å². The topological polar surface area (TPSA) is 121 Å². The Hall–Kier alpha value is 2.23. The van der Waals surface area contributed by atoms with Gasteiger partial charge in [-0.05, 0) is 0 Å². The van der Waals surface area contributed by atoms with Crippen LogP contribution in [-0.4, -0.2) is 117 Å². The summed E-state index contributed by atoms with van der Waals surface area (Å²) in [4.78, 5) is 0. The predicted molar refractivity (Wildman–Crippen MR) is 40.8 cm³/mol. The van der Waals surface area contributed by atoms with Crippen LogP contribution in [0.4, 0.5) is 0 Å². The van der Waals surface area contributed by atoms with Crippen molar-refractivity contribution < 1.29 is 35.9 Å². The van der Waals surface area contributed by atoms with Crippen LogP contribution in [0.25, 0.3) is 0 Å². The molecule has 10 heavy (non-hydrogen) atoms. The molecule has 0 fully saturated rings. The van der Waals surface area contributed by atoms with E-state index in [-0.39, 0.29) is 77.6 Å². The summed E-state index contributed by atoms with van der Waals surface area (Å²) < 4.78 is 0. The van der Waals surface area contributed by atoms with Crippen LogP contribution in [0.15, 0.2) is 0 Å². The van der Waals surface area contributed by atoms with Crippen LogP contribution in [0.5, 0.6) is 0 Å². The van der Waals surface area contributed by atoms with Gasteiger partial charge in [0.1, 0.15) is 0 Å². The van der Waals surface area contributed by atoms with Gasteiger partial charge in [0.15, 0.2) is 0 Å². The molecule has 0 rings (SSSR count). The van der Waals surface area contributed by atoms with Crippen LogP contribution in [0.1, 0.15) is 5.71 Å². The fourth-order valence-electron chi connectivity index (χ4n) is 0. The Balaban J connectivity index is -0.00000000600. The van der Waals surface area contributed by atoms with E-state index >= 15 is 0 Å². The Labute approximate surface area is 121 Å². The van der Waals surface area contributed by atoms with Crippen LogP contribution in [-0.2, 0) is 0 Å². The van der Waals surface area contributed by atoms with Crippen LogP contribution < -0.4 is 0 Å². The molecule has 10 heteroatoms. The van der Waals surface area contributed by atoms with Crippen LogP contribution in [0.3, 0.4) is 0 Å². The van der Waals surface area contributed by atoms with Crippen molar-refractivity contribution in [2.75, 3.05) is 0 Å². The molecule has 0 saturated heterocycles. The summed E-state index contributed by atoms with van der Waals surface area (Å²) in [5, 5.41) is 43.0. The van der Waals surface area contributed by atoms with Gasteiger partial charge in [-0.15, -0.1) is 0 Å². The van der Waals surface area contributed by atoms with Crippen molar-refractivity contribution in [2.45, 2.75) is 0 Å². The van der Waals surface area contributed by atoms with Crippen LogP contribution in [0, 0.1) is 0 Å². The molecule has 6 nitrogen and oxygen atoms in total. The number of rotatable bonds is 0. The van der Waals surface area contributed by atoms with Gasteiger partial charge in [-0.25, -0.2) is 0 Å². The monoisotopic (exact) mass is 290 g/mol. The number of hydrogen-bond acceptors (Lipinski definition) is 6. The SMILES string of the molecule is OB(O)O.OB(O)O.[Ba+2].[H-].[H-].[H-].[H-].[Mg+2]. The molecule has 0 heterocycles. The zero-order valence-corrected chi connectivity index (χ0v) is 11.1. The van der Waals surface area contributed by atoms with Gasteiger partial charge in [-0.1, -0.05) is 0 Å². The Kier molecular flexibility index (Phi) is 39.5. The first-order valence-electron chi connectivity index (χ1n) is 1.55. The number of hydrogen-bond donors (Lipinski definition) is 6. The molecule has 0 unspecified atom stereocenters. The van der Waals surface area contributed by atoms with Gasteiger partial charge in [0.05, 0.1) is 0 Å². The minimum atomic E-state index is -2.17. The Morgan fingerprint density at radius 2 is 0.700 bits per heavy atom. The summed E-state index contributed by atoms with van der Waals surface area (Å²) in [5.41, 5.74) is 0. The van der Waals surface area contributed by atoms with Crippen molar-refractivity contribution >= 4 is 86.6 Å². The van der Waals surface area contributed by atoms with Crippen molar-refractivity contribution in [3.05, 3.63) is 0 Å². The normalized spacial score (nSPS) is 5.40. The maximum Gasteiger partial charge on any atom is 2.00 e. The maximum atomic E-state index is 7.17. The zero-order chi connectivity index (χ0) is 7.15. The molecule has 0 radical (unpaired) electrons. The average Bonchev–Trinajstić information content (AvgIpc) is 1.25. The van der Waals surface area contributed by atoms with E-state index in [1.165, 1.54) is 0 Å². The molecule has 0 spiro atoms. The van der Waals surface area contributed by atoms with Crippen molar-refractivity contribution in [1.29, 1.82) is 0 Å². The summed E-state index contributed by atoms with van der Waals surface area (Å²) in [5.74, 6) is 0. The summed E-state index contributed by atoms with van der Waals surface area (Å²) in [6.07, 6.45) is 0. The quantitative estimate of drug-likeness (QED) is 0.250. The molecule has 0 saturated carbocycles. The molecule has 0 bridgehead atoms.